The van der Waals surface area contributed by atoms with E-state index in [9.17, 15) is 4.79 Å². The predicted molar refractivity (Wildman–Crippen MR) is 91.5 cm³/mol. The summed E-state index contributed by atoms with van der Waals surface area (Å²) in [4.78, 5) is 14.2. The van der Waals surface area contributed by atoms with Crippen molar-refractivity contribution in [2.45, 2.75) is 71.8 Å². The van der Waals surface area contributed by atoms with Crippen molar-refractivity contribution in [3.8, 4) is 0 Å². The van der Waals surface area contributed by atoms with Gasteiger partial charge in [-0.2, -0.15) is 0 Å². The smallest absolute Gasteiger partial charge is 0.410 e. The molecule has 4 heteroatoms. The van der Waals surface area contributed by atoms with E-state index in [2.05, 4.69) is 31.2 Å². The number of benzene rings is 1. The Labute approximate surface area is 139 Å². The Morgan fingerprint density at radius 1 is 1.22 bits per heavy atom. The highest BCUT2D eigenvalue weighted by atomic mass is 16.6. The first-order valence-electron chi connectivity index (χ1n) is 8.55. The largest absolute Gasteiger partial charge is 0.444 e. The summed E-state index contributed by atoms with van der Waals surface area (Å²) in [6.45, 7) is 12.4. The van der Waals surface area contributed by atoms with Gasteiger partial charge in [-0.1, -0.05) is 43.7 Å². The third-order valence-corrected chi connectivity index (χ3v) is 4.03. The van der Waals surface area contributed by atoms with Gasteiger partial charge in [-0.05, 0) is 39.7 Å². The molecule has 4 nitrogen and oxygen atoms in total. The predicted octanol–water partition coefficient (Wildman–Crippen LogP) is 4.47. The van der Waals surface area contributed by atoms with Gasteiger partial charge in [0.15, 0.2) is 0 Å². The first-order valence-corrected chi connectivity index (χ1v) is 8.55. The summed E-state index contributed by atoms with van der Waals surface area (Å²) in [6, 6.07) is 8.44. The van der Waals surface area contributed by atoms with Crippen LogP contribution >= 0.6 is 0 Å². The molecule has 1 aromatic carbocycles. The van der Waals surface area contributed by atoms with Gasteiger partial charge in [0.05, 0.1) is 18.7 Å². The van der Waals surface area contributed by atoms with Crippen LogP contribution in [0.2, 0.25) is 0 Å². The fraction of sp³-hybridized carbons (Fsp3) is 0.632. The third-order valence-electron chi connectivity index (χ3n) is 4.03. The Morgan fingerprint density at radius 3 is 2.35 bits per heavy atom. The number of ether oxygens (including phenoxy) is 2. The SMILES string of the molecule is CC.Cc1ccc(C2OC3CC2N(C(=O)OC(C)(C)C)C3)cc1. The quantitative estimate of drug-likeness (QED) is 0.766. The van der Waals surface area contributed by atoms with Crippen molar-refractivity contribution in [1.29, 1.82) is 0 Å². The highest BCUT2D eigenvalue weighted by molar-refractivity contribution is 5.69. The Balaban J connectivity index is 0.000000924. The van der Waals surface area contributed by atoms with E-state index in [0.717, 1.165) is 12.0 Å². The summed E-state index contributed by atoms with van der Waals surface area (Å²) >= 11 is 0. The molecule has 2 aliphatic rings. The number of hydrogen-bond donors (Lipinski definition) is 0. The van der Waals surface area contributed by atoms with E-state index in [-0.39, 0.29) is 24.3 Å². The number of rotatable bonds is 1. The highest BCUT2D eigenvalue weighted by Crippen LogP contribution is 2.42. The lowest BCUT2D eigenvalue weighted by atomic mass is 10.0. The van der Waals surface area contributed by atoms with Crippen LogP contribution in [0.15, 0.2) is 24.3 Å². The standard InChI is InChI=1S/C17H23NO3.C2H6/c1-11-5-7-12(8-6-11)15-14-9-13(20-15)10-18(14)16(19)21-17(2,3)4;1-2/h5-8,13-15H,9-10H2,1-4H3;1-2H3. The minimum atomic E-state index is -0.459. The number of nitrogens with zero attached hydrogens (tertiary/aromatic N) is 1. The normalized spacial score (nSPS) is 25.8. The molecule has 0 saturated carbocycles. The van der Waals surface area contributed by atoms with E-state index in [1.807, 2.05) is 39.5 Å². The van der Waals surface area contributed by atoms with Crippen molar-refractivity contribution in [3.05, 3.63) is 35.4 Å². The molecular weight excluding hydrogens is 290 g/mol. The fourth-order valence-corrected chi connectivity index (χ4v) is 3.10. The second kappa shape index (κ2) is 6.91. The van der Waals surface area contributed by atoms with Crippen LogP contribution in [0.25, 0.3) is 0 Å². The van der Waals surface area contributed by atoms with Crippen LogP contribution in [0, 0.1) is 6.92 Å². The first-order chi connectivity index (χ1) is 10.8. The van der Waals surface area contributed by atoms with E-state index < -0.39 is 5.60 Å². The van der Waals surface area contributed by atoms with Gasteiger partial charge in [-0.25, -0.2) is 4.79 Å². The molecular formula is C19H29NO3. The number of morpholine rings is 1. The number of aryl methyl sites for hydroxylation is 1. The molecule has 2 aliphatic heterocycles. The van der Waals surface area contributed by atoms with Crippen molar-refractivity contribution in [2.75, 3.05) is 6.54 Å². The molecule has 2 bridgehead atoms. The van der Waals surface area contributed by atoms with Gasteiger partial charge >= 0.3 is 6.09 Å². The zero-order chi connectivity index (χ0) is 17.2. The lowest BCUT2D eigenvalue weighted by molar-refractivity contribution is -0.0467. The molecule has 3 atom stereocenters. The second-order valence-corrected chi connectivity index (χ2v) is 7.03. The average Bonchev–Trinajstić information content (AvgIpc) is 3.08. The maximum absolute atomic E-state index is 12.3. The third kappa shape index (κ3) is 4.05. The number of carbonyl (C=O) groups is 1. The average molecular weight is 319 g/mol. The molecule has 3 rings (SSSR count). The highest BCUT2D eigenvalue weighted by Gasteiger charge is 2.49. The van der Waals surface area contributed by atoms with Gasteiger partial charge in [0, 0.05) is 0 Å². The van der Waals surface area contributed by atoms with Crippen LogP contribution in [0.3, 0.4) is 0 Å². The van der Waals surface area contributed by atoms with Gasteiger partial charge < -0.3 is 9.47 Å². The molecule has 1 amide bonds. The summed E-state index contributed by atoms with van der Waals surface area (Å²) in [5, 5.41) is 0. The Bertz CT molecular complexity index is 533. The maximum atomic E-state index is 12.3. The lowest BCUT2D eigenvalue weighted by Crippen LogP contribution is -2.45. The van der Waals surface area contributed by atoms with Crippen LogP contribution in [-0.2, 0) is 9.47 Å². The van der Waals surface area contributed by atoms with E-state index in [1.54, 1.807) is 0 Å². The van der Waals surface area contributed by atoms with Crippen molar-refractivity contribution in [1.82, 2.24) is 4.90 Å². The van der Waals surface area contributed by atoms with Crippen molar-refractivity contribution in [3.63, 3.8) is 0 Å². The van der Waals surface area contributed by atoms with Crippen LogP contribution in [-0.4, -0.2) is 35.3 Å². The molecule has 3 unspecified atom stereocenters. The lowest BCUT2D eigenvalue weighted by Gasteiger charge is -2.34. The summed E-state index contributed by atoms with van der Waals surface area (Å²) in [7, 11) is 0. The topological polar surface area (TPSA) is 38.8 Å². The summed E-state index contributed by atoms with van der Waals surface area (Å²) < 4.78 is 11.6. The summed E-state index contributed by atoms with van der Waals surface area (Å²) in [5.74, 6) is 0. The molecule has 0 aliphatic carbocycles. The van der Waals surface area contributed by atoms with Crippen LogP contribution in [0.4, 0.5) is 4.79 Å². The molecule has 0 N–H and O–H groups in total. The van der Waals surface area contributed by atoms with E-state index in [1.165, 1.54) is 5.56 Å². The van der Waals surface area contributed by atoms with Crippen molar-refractivity contribution < 1.29 is 14.3 Å². The van der Waals surface area contributed by atoms with Crippen molar-refractivity contribution >= 4 is 6.09 Å². The Morgan fingerprint density at radius 2 is 1.83 bits per heavy atom. The van der Waals surface area contributed by atoms with Crippen LogP contribution in [0.1, 0.15) is 58.3 Å². The van der Waals surface area contributed by atoms with E-state index in [4.69, 9.17) is 9.47 Å². The molecule has 0 aromatic heterocycles. The second-order valence-electron chi connectivity index (χ2n) is 7.03. The molecule has 0 radical (unpaired) electrons. The molecule has 23 heavy (non-hydrogen) atoms. The number of carbonyl (C=O) groups excluding carboxylic acids is 1. The summed E-state index contributed by atoms with van der Waals surface area (Å²) in [6.07, 6.45) is 0.777. The number of amides is 1. The number of hydrogen-bond acceptors (Lipinski definition) is 3. The molecule has 2 saturated heterocycles. The van der Waals surface area contributed by atoms with Crippen LogP contribution in [0.5, 0.6) is 0 Å². The number of fused-ring (bicyclic) bond motifs is 2. The minimum absolute atomic E-state index is 0.0307. The molecule has 1 aromatic rings. The molecule has 2 heterocycles. The number of likely N-dealkylation sites (tertiary alicyclic amines) is 1. The van der Waals surface area contributed by atoms with Gasteiger partial charge in [0.25, 0.3) is 0 Å². The van der Waals surface area contributed by atoms with E-state index >= 15 is 0 Å². The Kier molecular flexibility index (Phi) is 5.35. The first kappa shape index (κ1) is 17.8. The van der Waals surface area contributed by atoms with Gasteiger partial charge in [-0.3, -0.25) is 4.90 Å². The van der Waals surface area contributed by atoms with E-state index in [0.29, 0.717) is 6.54 Å². The summed E-state index contributed by atoms with van der Waals surface area (Å²) in [5.41, 5.74) is 1.91. The van der Waals surface area contributed by atoms with Gasteiger partial charge in [0.2, 0.25) is 0 Å². The monoisotopic (exact) mass is 319 g/mol. The van der Waals surface area contributed by atoms with Crippen LogP contribution < -0.4 is 0 Å². The van der Waals surface area contributed by atoms with Gasteiger partial charge in [0.1, 0.15) is 11.7 Å². The molecule has 0 spiro atoms. The fourth-order valence-electron chi connectivity index (χ4n) is 3.10. The Hall–Kier alpha value is -1.55. The minimum Gasteiger partial charge on any atom is -0.444 e. The molecule has 128 valence electrons. The maximum Gasteiger partial charge on any atom is 0.410 e. The van der Waals surface area contributed by atoms with Gasteiger partial charge in [-0.15, -0.1) is 0 Å². The van der Waals surface area contributed by atoms with Crippen molar-refractivity contribution in [2.24, 2.45) is 0 Å². The molecule has 2 fully saturated rings. The zero-order valence-corrected chi connectivity index (χ0v) is 15.1. The zero-order valence-electron chi connectivity index (χ0n) is 15.1.